The minimum absolute atomic E-state index is 0.148. The smallest absolute Gasteiger partial charge is 0.194 e. The molecular formula is C19H22O. The predicted octanol–water partition coefficient (Wildman–Crippen LogP) is 4.77. The van der Waals surface area contributed by atoms with Crippen molar-refractivity contribution in [2.24, 2.45) is 0 Å². The van der Waals surface area contributed by atoms with Crippen LogP contribution in [-0.2, 0) is 0 Å². The lowest BCUT2D eigenvalue weighted by atomic mass is 9.88. The lowest BCUT2D eigenvalue weighted by molar-refractivity contribution is 0.103. The molecule has 0 N–H and O–H groups in total. The Bertz CT molecular complexity index is 587. The number of carbonyl (C=O) groups excluding carboxylic acids is 1. The van der Waals surface area contributed by atoms with Gasteiger partial charge in [-0.3, -0.25) is 4.79 Å². The molecule has 2 aromatic rings. The van der Waals surface area contributed by atoms with Gasteiger partial charge in [-0.15, -0.1) is 0 Å². The average Bonchev–Trinajstić information content (AvgIpc) is 2.25. The highest BCUT2D eigenvalue weighted by Crippen LogP contribution is 2.24. The number of ketones is 1. The van der Waals surface area contributed by atoms with Crippen molar-refractivity contribution in [3.05, 3.63) is 68.8 Å². The van der Waals surface area contributed by atoms with Crippen molar-refractivity contribution in [1.82, 2.24) is 0 Å². The van der Waals surface area contributed by atoms with Gasteiger partial charge in [-0.2, -0.15) is 0 Å². The SMILES string of the molecule is Cc1cc(C)c(C(=O)c2c(C)cc(C)cc2C)c(C)c1. The van der Waals surface area contributed by atoms with E-state index in [1.807, 2.05) is 27.7 Å². The van der Waals surface area contributed by atoms with Crippen LogP contribution in [0.15, 0.2) is 24.3 Å². The van der Waals surface area contributed by atoms with E-state index >= 15 is 0 Å². The summed E-state index contributed by atoms with van der Waals surface area (Å²) in [4.78, 5) is 13.0. The molecule has 0 spiro atoms. The van der Waals surface area contributed by atoms with Gasteiger partial charge in [-0.25, -0.2) is 0 Å². The zero-order valence-electron chi connectivity index (χ0n) is 13.2. The maximum atomic E-state index is 13.0. The van der Waals surface area contributed by atoms with Crippen molar-refractivity contribution in [3.8, 4) is 0 Å². The maximum Gasteiger partial charge on any atom is 0.194 e. The van der Waals surface area contributed by atoms with E-state index in [4.69, 9.17) is 0 Å². The van der Waals surface area contributed by atoms with E-state index in [1.165, 1.54) is 11.1 Å². The van der Waals surface area contributed by atoms with Crippen LogP contribution in [0.4, 0.5) is 0 Å². The van der Waals surface area contributed by atoms with Crippen molar-refractivity contribution in [1.29, 1.82) is 0 Å². The van der Waals surface area contributed by atoms with Crippen molar-refractivity contribution < 1.29 is 4.79 Å². The Kier molecular flexibility index (Phi) is 3.80. The molecule has 0 saturated heterocycles. The first-order chi connectivity index (χ1) is 9.31. The molecular weight excluding hydrogens is 244 g/mol. The van der Waals surface area contributed by atoms with Gasteiger partial charge in [0.25, 0.3) is 0 Å². The second-order valence-electron chi connectivity index (χ2n) is 5.88. The summed E-state index contributed by atoms with van der Waals surface area (Å²) in [6, 6.07) is 8.33. The Morgan fingerprint density at radius 2 is 0.850 bits per heavy atom. The fraction of sp³-hybridized carbons (Fsp3) is 0.316. The van der Waals surface area contributed by atoms with Gasteiger partial charge in [0.15, 0.2) is 5.78 Å². The van der Waals surface area contributed by atoms with E-state index < -0.39 is 0 Å². The van der Waals surface area contributed by atoms with Gasteiger partial charge in [0.05, 0.1) is 0 Å². The molecule has 2 rings (SSSR count). The molecule has 0 aliphatic carbocycles. The molecule has 0 amide bonds. The molecule has 0 aliphatic rings. The molecule has 0 atom stereocenters. The third-order valence-electron chi connectivity index (χ3n) is 3.81. The van der Waals surface area contributed by atoms with Crippen LogP contribution in [0, 0.1) is 41.5 Å². The Labute approximate surface area is 121 Å². The first-order valence-electron chi connectivity index (χ1n) is 7.01. The summed E-state index contributed by atoms with van der Waals surface area (Å²) >= 11 is 0. The lowest BCUT2D eigenvalue weighted by Crippen LogP contribution is -2.10. The van der Waals surface area contributed by atoms with Crippen LogP contribution in [0.5, 0.6) is 0 Å². The van der Waals surface area contributed by atoms with E-state index in [-0.39, 0.29) is 5.78 Å². The molecule has 0 heterocycles. The van der Waals surface area contributed by atoms with Crippen molar-refractivity contribution >= 4 is 5.78 Å². The van der Waals surface area contributed by atoms with E-state index in [2.05, 4.69) is 38.1 Å². The summed E-state index contributed by atoms with van der Waals surface area (Å²) in [5.41, 5.74) is 8.36. The molecule has 20 heavy (non-hydrogen) atoms. The van der Waals surface area contributed by atoms with Gasteiger partial charge in [-0.1, -0.05) is 35.4 Å². The van der Waals surface area contributed by atoms with Crippen LogP contribution in [0.1, 0.15) is 49.3 Å². The van der Waals surface area contributed by atoms with E-state index in [0.29, 0.717) is 0 Å². The monoisotopic (exact) mass is 266 g/mol. The van der Waals surface area contributed by atoms with Gasteiger partial charge < -0.3 is 0 Å². The summed E-state index contributed by atoms with van der Waals surface area (Å²) < 4.78 is 0. The van der Waals surface area contributed by atoms with E-state index in [1.54, 1.807) is 0 Å². The third kappa shape index (κ3) is 2.53. The number of carbonyl (C=O) groups is 1. The normalized spacial score (nSPS) is 10.7. The maximum absolute atomic E-state index is 13.0. The molecule has 104 valence electrons. The quantitative estimate of drug-likeness (QED) is 0.716. The van der Waals surface area contributed by atoms with Gasteiger partial charge >= 0.3 is 0 Å². The van der Waals surface area contributed by atoms with Crippen LogP contribution in [-0.4, -0.2) is 5.78 Å². The van der Waals surface area contributed by atoms with Crippen molar-refractivity contribution in [3.63, 3.8) is 0 Å². The predicted molar refractivity (Wildman–Crippen MR) is 84.7 cm³/mol. The fourth-order valence-corrected chi connectivity index (χ4v) is 3.20. The molecule has 0 saturated carbocycles. The van der Waals surface area contributed by atoms with Gasteiger partial charge in [0.1, 0.15) is 0 Å². The summed E-state index contributed by atoms with van der Waals surface area (Å²) in [6.07, 6.45) is 0. The molecule has 0 radical (unpaired) electrons. The molecule has 2 aromatic carbocycles. The molecule has 0 fully saturated rings. The average molecular weight is 266 g/mol. The number of benzene rings is 2. The van der Waals surface area contributed by atoms with E-state index in [0.717, 1.165) is 33.4 Å². The zero-order chi connectivity index (χ0) is 15.0. The van der Waals surface area contributed by atoms with Crippen LogP contribution < -0.4 is 0 Å². The van der Waals surface area contributed by atoms with Gasteiger partial charge in [-0.05, 0) is 63.8 Å². The van der Waals surface area contributed by atoms with Crippen LogP contribution in [0.25, 0.3) is 0 Å². The Hall–Kier alpha value is -1.89. The summed E-state index contributed by atoms with van der Waals surface area (Å²) in [6.45, 7) is 12.2. The van der Waals surface area contributed by atoms with Crippen molar-refractivity contribution in [2.45, 2.75) is 41.5 Å². The fourth-order valence-electron chi connectivity index (χ4n) is 3.20. The van der Waals surface area contributed by atoms with E-state index in [9.17, 15) is 4.79 Å². The first-order valence-corrected chi connectivity index (χ1v) is 7.01. The Morgan fingerprint density at radius 1 is 0.600 bits per heavy atom. The van der Waals surface area contributed by atoms with Crippen LogP contribution in [0.2, 0.25) is 0 Å². The van der Waals surface area contributed by atoms with Crippen LogP contribution in [0.3, 0.4) is 0 Å². The number of hydrogen-bond donors (Lipinski definition) is 0. The molecule has 1 nitrogen and oxygen atoms in total. The first kappa shape index (κ1) is 14.5. The summed E-state index contributed by atoms with van der Waals surface area (Å²) in [5, 5.41) is 0. The second kappa shape index (κ2) is 5.24. The molecule has 0 aliphatic heterocycles. The van der Waals surface area contributed by atoms with Gasteiger partial charge in [0, 0.05) is 11.1 Å². The standard InChI is InChI=1S/C19H22O/c1-11-7-13(3)17(14(4)8-11)19(20)18-15(5)9-12(2)10-16(18)6/h7-10H,1-6H3. The Balaban J connectivity index is 2.64. The molecule has 0 bridgehead atoms. The van der Waals surface area contributed by atoms with Crippen molar-refractivity contribution in [2.75, 3.05) is 0 Å². The Morgan fingerprint density at radius 3 is 1.10 bits per heavy atom. The molecule has 0 unspecified atom stereocenters. The number of hydrogen-bond acceptors (Lipinski definition) is 1. The minimum atomic E-state index is 0.148. The summed E-state index contributed by atoms with van der Waals surface area (Å²) in [5.74, 6) is 0.148. The highest BCUT2D eigenvalue weighted by molar-refractivity contribution is 6.12. The third-order valence-corrected chi connectivity index (χ3v) is 3.81. The lowest BCUT2D eigenvalue weighted by Gasteiger charge is -2.14. The minimum Gasteiger partial charge on any atom is -0.289 e. The summed E-state index contributed by atoms with van der Waals surface area (Å²) in [7, 11) is 0. The topological polar surface area (TPSA) is 17.1 Å². The molecule has 1 heteroatoms. The highest BCUT2D eigenvalue weighted by atomic mass is 16.1. The van der Waals surface area contributed by atoms with Crippen LogP contribution >= 0.6 is 0 Å². The highest BCUT2D eigenvalue weighted by Gasteiger charge is 2.18. The number of aryl methyl sites for hydroxylation is 6. The largest absolute Gasteiger partial charge is 0.289 e. The zero-order valence-corrected chi connectivity index (χ0v) is 13.2. The number of rotatable bonds is 2. The molecule has 0 aromatic heterocycles. The second-order valence-corrected chi connectivity index (χ2v) is 5.88. The van der Waals surface area contributed by atoms with Gasteiger partial charge in [0.2, 0.25) is 0 Å².